The average molecular weight is 236 g/mol. The molecule has 1 nitrogen and oxygen atoms in total. The maximum atomic E-state index is 13.9. The van der Waals surface area contributed by atoms with Gasteiger partial charge in [-0.25, -0.2) is 4.39 Å². The van der Waals surface area contributed by atoms with Gasteiger partial charge in [0.25, 0.3) is 0 Å². The van der Waals surface area contributed by atoms with Crippen LogP contribution in [0, 0.1) is 24.6 Å². The third-order valence-corrected chi connectivity index (χ3v) is 4.05. The molecule has 1 N–H and O–H groups in total. The van der Waals surface area contributed by atoms with E-state index in [2.05, 4.69) is 6.92 Å². The van der Waals surface area contributed by atoms with Crippen LogP contribution in [0.15, 0.2) is 18.2 Å². The number of halogens is 1. The van der Waals surface area contributed by atoms with Gasteiger partial charge < -0.3 is 5.11 Å². The van der Waals surface area contributed by atoms with E-state index < -0.39 is 6.10 Å². The maximum absolute atomic E-state index is 13.9. The molecule has 1 unspecified atom stereocenters. The maximum Gasteiger partial charge on any atom is 0.131 e. The summed E-state index contributed by atoms with van der Waals surface area (Å²) in [5, 5.41) is 10.3. The van der Waals surface area contributed by atoms with Gasteiger partial charge in [0.05, 0.1) is 6.10 Å². The van der Waals surface area contributed by atoms with Gasteiger partial charge >= 0.3 is 0 Å². The minimum atomic E-state index is -0.637. The van der Waals surface area contributed by atoms with Gasteiger partial charge in [-0.15, -0.1) is 0 Å². The molecule has 1 saturated carbocycles. The molecule has 2 heteroatoms. The second-order valence-electron chi connectivity index (χ2n) is 5.44. The van der Waals surface area contributed by atoms with E-state index in [0.717, 1.165) is 31.6 Å². The van der Waals surface area contributed by atoms with Crippen molar-refractivity contribution in [3.05, 3.63) is 35.1 Å². The molecule has 17 heavy (non-hydrogen) atoms. The van der Waals surface area contributed by atoms with Crippen molar-refractivity contribution in [3.63, 3.8) is 0 Å². The molecule has 2 rings (SSSR count). The molecule has 0 heterocycles. The molecule has 0 amide bonds. The van der Waals surface area contributed by atoms with Crippen LogP contribution in [0.5, 0.6) is 0 Å². The van der Waals surface area contributed by atoms with Crippen molar-refractivity contribution < 1.29 is 9.50 Å². The molecule has 1 aliphatic carbocycles. The highest BCUT2D eigenvalue weighted by Crippen LogP contribution is 2.37. The summed E-state index contributed by atoms with van der Waals surface area (Å²) >= 11 is 0. The predicted octanol–water partition coefficient (Wildman–Crippen LogP) is 3.99. The molecule has 1 aromatic carbocycles. The molecular formula is C15H21FO. The number of rotatable bonds is 2. The Bertz CT molecular complexity index is 381. The van der Waals surface area contributed by atoms with Crippen LogP contribution in [0.2, 0.25) is 0 Å². The van der Waals surface area contributed by atoms with Crippen molar-refractivity contribution in [2.45, 2.75) is 45.6 Å². The Labute approximate surface area is 103 Å². The second kappa shape index (κ2) is 5.18. The van der Waals surface area contributed by atoms with E-state index in [-0.39, 0.29) is 11.7 Å². The lowest BCUT2D eigenvalue weighted by Gasteiger charge is -2.30. The Kier molecular flexibility index (Phi) is 3.82. The van der Waals surface area contributed by atoms with Crippen molar-refractivity contribution >= 4 is 0 Å². The van der Waals surface area contributed by atoms with E-state index in [1.807, 2.05) is 6.07 Å². The summed E-state index contributed by atoms with van der Waals surface area (Å²) in [6, 6.07) is 5.28. The largest absolute Gasteiger partial charge is 0.388 e. The summed E-state index contributed by atoms with van der Waals surface area (Å²) in [6.07, 6.45) is 3.68. The third kappa shape index (κ3) is 2.68. The fourth-order valence-electron chi connectivity index (χ4n) is 2.75. The van der Waals surface area contributed by atoms with E-state index in [1.165, 1.54) is 0 Å². The van der Waals surface area contributed by atoms with Gasteiger partial charge in [-0.05, 0) is 37.2 Å². The van der Waals surface area contributed by atoms with Crippen LogP contribution in [0.3, 0.4) is 0 Å². The number of hydrogen-bond acceptors (Lipinski definition) is 1. The van der Waals surface area contributed by atoms with E-state index in [4.69, 9.17) is 0 Å². The summed E-state index contributed by atoms with van der Waals surface area (Å²) in [5.41, 5.74) is 1.09. The van der Waals surface area contributed by atoms with Gasteiger partial charge in [0.1, 0.15) is 5.82 Å². The molecule has 0 radical (unpaired) electrons. The van der Waals surface area contributed by atoms with Gasteiger partial charge in [0.2, 0.25) is 0 Å². The number of aryl methyl sites for hydroxylation is 1. The van der Waals surface area contributed by atoms with Crippen LogP contribution >= 0.6 is 0 Å². The summed E-state index contributed by atoms with van der Waals surface area (Å²) in [5.74, 6) is 0.738. The lowest BCUT2D eigenvalue weighted by atomic mass is 9.78. The zero-order valence-corrected chi connectivity index (χ0v) is 10.6. The fourth-order valence-corrected chi connectivity index (χ4v) is 2.75. The molecule has 1 atom stereocenters. The second-order valence-corrected chi connectivity index (χ2v) is 5.44. The van der Waals surface area contributed by atoms with Crippen LogP contribution in [-0.4, -0.2) is 5.11 Å². The van der Waals surface area contributed by atoms with E-state index in [9.17, 15) is 9.50 Å². The summed E-state index contributed by atoms with van der Waals surface area (Å²) < 4.78 is 13.9. The van der Waals surface area contributed by atoms with Crippen LogP contribution < -0.4 is 0 Å². The standard InChI is InChI=1S/C15H21FO/c1-10-6-8-12(9-7-10)15(17)13-5-3-4-11(2)14(13)16/h3-5,10,12,15,17H,6-9H2,1-2H3. The topological polar surface area (TPSA) is 20.2 Å². The van der Waals surface area contributed by atoms with Crippen LogP contribution in [-0.2, 0) is 0 Å². The molecular weight excluding hydrogens is 215 g/mol. The Morgan fingerprint density at radius 3 is 2.53 bits per heavy atom. The monoisotopic (exact) mass is 236 g/mol. The average Bonchev–Trinajstić information content (AvgIpc) is 2.33. The normalized spacial score (nSPS) is 26.8. The van der Waals surface area contributed by atoms with Crippen molar-refractivity contribution in [1.82, 2.24) is 0 Å². The Balaban J connectivity index is 2.14. The lowest BCUT2D eigenvalue weighted by Crippen LogP contribution is -2.20. The molecule has 0 saturated heterocycles. The first-order valence-corrected chi connectivity index (χ1v) is 6.52. The first kappa shape index (κ1) is 12.6. The molecule has 94 valence electrons. The molecule has 1 fully saturated rings. The highest BCUT2D eigenvalue weighted by molar-refractivity contribution is 5.27. The molecule has 0 bridgehead atoms. The minimum absolute atomic E-state index is 0.225. The van der Waals surface area contributed by atoms with Gasteiger partial charge in [-0.2, -0.15) is 0 Å². The van der Waals surface area contributed by atoms with Gasteiger partial charge in [-0.1, -0.05) is 38.0 Å². The molecule has 0 spiro atoms. The molecule has 0 aliphatic heterocycles. The van der Waals surface area contributed by atoms with Gasteiger partial charge in [0.15, 0.2) is 0 Å². The van der Waals surface area contributed by atoms with Crippen LogP contribution in [0.25, 0.3) is 0 Å². The summed E-state index contributed by atoms with van der Waals surface area (Å²) in [4.78, 5) is 0. The molecule has 1 aromatic rings. The van der Waals surface area contributed by atoms with Crippen molar-refractivity contribution in [1.29, 1.82) is 0 Å². The van der Waals surface area contributed by atoms with Crippen molar-refractivity contribution in [2.75, 3.05) is 0 Å². The first-order valence-electron chi connectivity index (χ1n) is 6.52. The van der Waals surface area contributed by atoms with Crippen molar-refractivity contribution in [2.24, 2.45) is 11.8 Å². The quantitative estimate of drug-likeness (QED) is 0.823. The smallest absolute Gasteiger partial charge is 0.131 e. The molecule has 0 aromatic heterocycles. The predicted molar refractivity (Wildman–Crippen MR) is 67.2 cm³/mol. The third-order valence-electron chi connectivity index (χ3n) is 4.05. The van der Waals surface area contributed by atoms with E-state index in [1.54, 1.807) is 19.1 Å². The number of hydrogen-bond donors (Lipinski definition) is 1. The number of aliphatic hydroxyl groups is 1. The minimum Gasteiger partial charge on any atom is -0.388 e. The van der Waals surface area contributed by atoms with Crippen LogP contribution in [0.4, 0.5) is 4.39 Å². The van der Waals surface area contributed by atoms with Crippen molar-refractivity contribution in [3.8, 4) is 0 Å². The van der Waals surface area contributed by atoms with Crippen LogP contribution in [0.1, 0.15) is 49.8 Å². The fraction of sp³-hybridized carbons (Fsp3) is 0.600. The van der Waals surface area contributed by atoms with Gasteiger partial charge in [-0.3, -0.25) is 0 Å². The highest BCUT2D eigenvalue weighted by Gasteiger charge is 2.27. The van der Waals surface area contributed by atoms with E-state index in [0.29, 0.717) is 11.1 Å². The number of aliphatic hydroxyl groups excluding tert-OH is 1. The number of benzene rings is 1. The van der Waals surface area contributed by atoms with Gasteiger partial charge in [0, 0.05) is 5.56 Å². The zero-order valence-electron chi connectivity index (χ0n) is 10.6. The zero-order chi connectivity index (χ0) is 12.4. The highest BCUT2D eigenvalue weighted by atomic mass is 19.1. The Morgan fingerprint density at radius 1 is 1.24 bits per heavy atom. The first-order chi connectivity index (χ1) is 8.09. The Morgan fingerprint density at radius 2 is 1.88 bits per heavy atom. The summed E-state index contributed by atoms with van der Waals surface area (Å²) in [6.45, 7) is 3.99. The lowest BCUT2D eigenvalue weighted by molar-refractivity contribution is 0.0725. The SMILES string of the molecule is Cc1cccc(C(O)C2CCC(C)CC2)c1F. The molecule has 1 aliphatic rings. The van der Waals surface area contributed by atoms with E-state index >= 15 is 0 Å². The summed E-state index contributed by atoms with van der Waals surface area (Å²) in [7, 11) is 0. The Hall–Kier alpha value is -0.890.